The summed E-state index contributed by atoms with van der Waals surface area (Å²) in [6.45, 7) is 2.00. The zero-order valence-electron chi connectivity index (χ0n) is 13.6. The van der Waals surface area contributed by atoms with Crippen molar-refractivity contribution < 1.29 is 4.79 Å². The summed E-state index contributed by atoms with van der Waals surface area (Å²) in [5.41, 5.74) is 19.9. The molecular formula is C20H16BrN3O. The van der Waals surface area contributed by atoms with Crippen molar-refractivity contribution in [1.82, 2.24) is 4.98 Å². The zero-order valence-corrected chi connectivity index (χ0v) is 15.2. The Balaban J connectivity index is 2.06. The molecule has 4 N–H and O–H groups in total. The molecule has 0 saturated carbocycles. The lowest BCUT2D eigenvalue weighted by Crippen LogP contribution is -2.16. The summed E-state index contributed by atoms with van der Waals surface area (Å²) in [5, 5.41) is 0. The smallest absolute Gasteiger partial charge is 0.267 e. The van der Waals surface area contributed by atoms with E-state index in [2.05, 4.69) is 33.0 Å². The summed E-state index contributed by atoms with van der Waals surface area (Å²) in [6, 6.07) is 12.0. The quantitative estimate of drug-likeness (QED) is 0.503. The van der Waals surface area contributed by atoms with Gasteiger partial charge in [-0.25, -0.2) is 0 Å². The maximum atomic E-state index is 11.9. The number of primary amides is 1. The second-order valence-electron chi connectivity index (χ2n) is 6.24. The number of halogens is 1. The highest BCUT2D eigenvalue weighted by molar-refractivity contribution is 9.10. The Morgan fingerprint density at radius 1 is 1.16 bits per heavy atom. The van der Waals surface area contributed by atoms with Gasteiger partial charge in [0.25, 0.3) is 5.91 Å². The van der Waals surface area contributed by atoms with Gasteiger partial charge in [0.1, 0.15) is 5.69 Å². The number of amides is 1. The Morgan fingerprint density at radius 2 is 1.96 bits per heavy atom. The first-order chi connectivity index (χ1) is 12.0. The van der Waals surface area contributed by atoms with Gasteiger partial charge in [-0.05, 0) is 58.5 Å². The highest BCUT2D eigenvalue weighted by Gasteiger charge is 2.28. The van der Waals surface area contributed by atoms with E-state index >= 15 is 0 Å². The number of benzene rings is 2. The third-order valence-corrected chi connectivity index (χ3v) is 5.28. The lowest BCUT2D eigenvalue weighted by Gasteiger charge is -2.15. The first kappa shape index (κ1) is 15.8. The Morgan fingerprint density at radius 3 is 2.72 bits per heavy atom. The summed E-state index contributed by atoms with van der Waals surface area (Å²) in [7, 11) is 0. The summed E-state index contributed by atoms with van der Waals surface area (Å²) >= 11 is 3.52. The van der Waals surface area contributed by atoms with Crippen LogP contribution in [-0.2, 0) is 6.42 Å². The third kappa shape index (κ3) is 2.43. The predicted molar refractivity (Wildman–Crippen MR) is 103 cm³/mol. The molecule has 0 unspecified atom stereocenters. The van der Waals surface area contributed by atoms with Gasteiger partial charge in [0.05, 0.1) is 0 Å². The molecule has 0 saturated heterocycles. The molecule has 25 heavy (non-hydrogen) atoms. The highest BCUT2D eigenvalue weighted by Crippen LogP contribution is 2.45. The van der Waals surface area contributed by atoms with Crippen LogP contribution in [-0.4, -0.2) is 10.9 Å². The average Bonchev–Trinajstić information content (AvgIpc) is 2.94. The van der Waals surface area contributed by atoms with Crippen molar-refractivity contribution in [3.63, 3.8) is 0 Å². The van der Waals surface area contributed by atoms with Gasteiger partial charge in [-0.3, -0.25) is 9.78 Å². The number of hydrogen-bond acceptors (Lipinski definition) is 3. The molecule has 4 rings (SSSR count). The second kappa shape index (κ2) is 5.70. The van der Waals surface area contributed by atoms with Crippen molar-refractivity contribution in [2.24, 2.45) is 5.73 Å². The summed E-state index contributed by atoms with van der Waals surface area (Å²) < 4.78 is 1.01. The number of pyridine rings is 1. The molecule has 1 aromatic heterocycles. The molecule has 0 atom stereocenters. The van der Waals surface area contributed by atoms with Crippen LogP contribution < -0.4 is 11.5 Å². The fraction of sp³-hybridized carbons (Fsp3) is 0.100. The first-order valence-electron chi connectivity index (χ1n) is 7.93. The predicted octanol–water partition coefficient (Wildman–Crippen LogP) is 4.07. The molecular weight excluding hydrogens is 378 g/mol. The SMILES string of the molecule is Cc1c(N)cccc1-c1cnc(C(N)=O)c2c1-c1ccc(Br)cc1C2. The molecule has 2 aromatic carbocycles. The lowest BCUT2D eigenvalue weighted by molar-refractivity contribution is 0.0995. The summed E-state index contributed by atoms with van der Waals surface area (Å²) in [6.07, 6.45) is 2.38. The minimum Gasteiger partial charge on any atom is -0.398 e. The molecule has 0 bridgehead atoms. The number of hydrogen-bond donors (Lipinski definition) is 2. The van der Waals surface area contributed by atoms with Crippen LogP contribution in [0.1, 0.15) is 27.2 Å². The van der Waals surface area contributed by atoms with Crippen molar-refractivity contribution in [3.8, 4) is 22.3 Å². The normalized spacial score (nSPS) is 11.9. The van der Waals surface area contributed by atoms with E-state index in [9.17, 15) is 4.79 Å². The minimum atomic E-state index is -0.501. The molecule has 1 aliphatic rings. The summed E-state index contributed by atoms with van der Waals surface area (Å²) in [4.78, 5) is 16.3. The lowest BCUT2D eigenvalue weighted by atomic mass is 9.92. The number of aromatic nitrogens is 1. The molecule has 0 radical (unpaired) electrons. The number of fused-ring (bicyclic) bond motifs is 3. The first-order valence-corrected chi connectivity index (χ1v) is 8.72. The molecule has 124 valence electrons. The van der Waals surface area contributed by atoms with E-state index in [1.807, 2.05) is 31.2 Å². The molecule has 0 spiro atoms. The zero-order chi connectivity index (χ0) is 17.7. The Kier molecular flexibility index (Phi) is 3.62. The van der Waals surface area contributed by atoms with E-state index in [1.54, 1.807) is 6.20 Å². The molecule has 1 aliphatic carbocycles. The van der Waals surface area contributed by atoms with Gasteiger partial charge in [-0.1, -0.05) is 34.1 Å². The molecule has 4 nitrogen and oxygen atoms in total. The number of anilines is 1. The monoisotopic (exact) mass is 393 g/mol. The maximum Gasteiger partial charge on any atom is 0.267 e. The van der Waals surface area contributed by atoms with Crippen LogP contribution in [0, 0.1) is 6.92 Å². The Labute approximate surface area is 154 Å². The fourth-order valence-corrected chi connectivity index (χ4v) is 3.95. The van der Waals surface area contributed by atoms with E-state index in [4.69, 9.17) is 11.5 Å². The second-order valence-corrected chi connectivity index (χ2v) is 7.15. The molecule has 3 aromatic rings. The number of rotatable bonds is 2. The number of nitrogen functional groups attached to an aromatic ring is 1. The number of carbonyl (C=O) groups excluding carboxylic acids is 1. The number of nitrogens with zero attached hydrogens (tertiary/aromatic N) is 1. The van der Waals surface area contributed by atoms with Crippen LogP contribution in [0.2, 0.25) is 0 Å². The molecule has 0 aliphatic heterocycles. The molecule has 0 fully saturated rings. The van der Waals surface area contributed by atoms with Crippen molar-refractivity contribution in [2.45, 2.75) is 13.3 Å². The van der Waals surface area contributed by atoms with Gasteiger partial charge in [-0.15, -0.1) is 0 Å². The van der Waals surface area contributed by atoms with E-state index in [-0.39, 0.29) is 0 Å². The maximum absolute atomic E-state index is 11.9. The van der Waals surface area contributed by atoms with E-state index in [0.717, 1.165) is 49.1 Å². The van der Waals surface area contributed by atoms with Gasteiger partial charge < -0.3 is 11.5 Å². The van der Waals surface area contributed by atoms with Gasteiger partial charge >= 0.3 is 0 Å². The molecule has 1 heterocycles. The summed E-state index contributed by atoms with van der Waals surface area (Å²) in [5.74, 6) is -0.501. The van der Waals surface area contributed by atoms with Crippen LogP contribution >= 0.6 is 15.9 Å². The van der Waals surface area contributed by atoms with Crippen LogP contribution in [0.4, 0.5) is 5.69 Å². The minimum absolute atomic E-state index is 0.340. The van der Waals surface area contributed by atoms with E-state index in [1.165, 1.54) is 0 Å². The largest absolute Gasteiger partial charge is 0.398 e. The highest BCUT2D eigenvalue weighted by atomic mass is 79.9. The third-order valence-electron chi connectivity index (χ3n) is 4.78. The van der Waals surface area contributed by atoms with Gasteiger partial charge in [0, 0.05) is 28.3 Å². The van der Waals surface area contributed by atoms with Gasteiger partial charge in [0.15, 0.2) is 0 Å². The molecule has 5 heteroatoms. The fourth-order valence-electron chi connectivity index (χ4n) is 3.54. The van der Waals surface area contributed by atoms with Crippen molar-refractivity contribution >= 4 is 27.5 Å². The average molecular weight is 394 g/mol. The van der Waals surface area contributed by atoms with Crippen molar-refractivity contribution in [2.75, 3.05) is 5.73 Å². The van der Waals surface area contributed by atoms with E-state index < -0.39 is 5.91 Å². The van der Waals surface area contributed by atoms with Crippen LogP contribution in [0.3, 0.4) is 0 Å². The van der Waals surface area contributed by atoms with Crippen LogP contribution in [0.15, 0.2) is 47.1 Å². The number of carbonyl (C=O) groups is 1. The standard InChI is InChI=1S/C20H16BrN3O/c1-10-13(3-2-4-17(10)22)16-9-24-19(20(23)25)15-8-11-7-12(21)5-6-14(11)18(15)16/h2-7,9H,8,22H2,1H3,(H2,23,25). The van der Waals surface area contributed by atoms with Crippen LogP contribution in [0.25, 0.3) is 22.3 Å². The van der Waals surface area contributed by atoms with Gasteiger partial charge in [0.2, 0.25) is 0 Å². The number of nitrogens with two attached hydrogens (primary N) is 2. The Hall–Kier alpha value is -2.66. The van der Waals surface area contributed by atoms with Crippen molar-refractivity contribution in [3.05, 3.63) is 69.5 Å². The molecule has 1 amide bonds. The van der Waals surface area contributed by atoms with E-state index in [0.29, 0.717) is 12.1 Å². The topological polar surface area (TPSA) is 82.0 Å². The van der Waals surface area contributed by atoms with Gasteiger partial charge in [-0.2, -0.15) is 0 Å². The van der Waals surface area contributed by atoms with Crippen molar-refractivity contribution in [1.29, 1.82) is 0 Å². The Bertz CT molecular complexity index is 1040. The van der Waals surface area contributed by atoms with Crippen LogP contribution in [0.5, 0.6) is 0 Å².